The summed E-state index contributed by atoms with van der Waals surface area (Å²) in [5.41, 5.74) is 6.90. The molecule has 0 aliphatic carbocycles. The smallest absolute Gasteiger partial charge is 0.157 e. The molecule has 0 spiro atoms. The van der Waals surface area contributed by atoms with Gasteiger partial charge in [0.2, 0.25) is 0 Å². The maximum absolute atomic E-state index is 5.79. The molecule has 1 aliphatic rings. The van der Waals surface area contributed by atoms with Gasteiger partial charge in [-0.1, -0.05) is 12.1 Å². The Morgan fingerprint density at radius 2 is 2.05 bits per heavy atom. The molecule has 4 heteroatoms. The average molecular weight is 265 g/mol. The zero-order chi connectivity index (χ0) is 13.5. The summed E-state index contributed by atoms with van der Waals surface area (Å²) in [4.78, 5) is 0. The van der Waals surface area contributed by atoms with Gasteiger partial charge in [0.25, 0.3) is 0 Å². The van der Waals surface area contributed by atoms with Crippen LogP contribution in [0.4, 0.5) is 0 Å². The molecule has 2 atom stereocenters. The normalized spacial score (nSPS) is 21.1. The minimum atomic E-state index is -0.0437. The molecule has 1 aromatic rings. The molecular formula is C15H23NO3. The van der Waals surface area contributed by atoms with Crippen molar-refractivity contribution in [3.63, 3.8) is 0 Å². The second-order valence-corrected chi connectivity index (χ2v) is 4.87. The lowest BCUT2D eigenvalue weighted by molar-refractivity contribution is -0.165. The Labute approximate surface area is 114 Å². The molecule has 0 aromatic heterocycles. The molecular weight excluding hydrogens is 242 g/mol. The Hall–Kier alpha value is -1.10. The summed E-state index contributed by atoms with van der Waals surface area (Å²) in [6.07, 6.45) is 3.27. The third-order valence-corrected chi connectivity index (χ3v) is 3.20. The van der Waals surface area contributed by atoms with Crippen molar-refractivity contribution in [2.75, 3.05) is 19.8 Å². The predicted molar refractivity (Wildman–Crippen MR) is 74.1 cm³/mol. The molecule has 0 radical (unpaired) electrons. The van der Waals surface area contributed by atoms with Gasteiger partial charge in [0.1, 0.15) is 12.4 Å². The van der Waals surface area contributed by atoms with Crippen LogP contribution in [0.5, 0.6) is 5.75 Å². The van der Waals surface area contributed by atoms with Crippen LogP contribution < -0.4 is 10.5 Å². The lowest BCUT2D eigenvalue weighted by Crippen LogP contribution is -2.24. The number of nitrogens with two attached hydrogens (primary N) is 1. The first-order valence-electron chi connectivity index (χ1n) is 6.97. The number of ether oxygens (including phenoxy) is 3. The van der Waals surface area contributed by atoms with Crippen molar-refractivity contribution in [2.24, 2.45) is 5.73 Å². The largest absolute Gasteiger partial charge is 0.491 e. The first-order chi connectivity index (χ1) is 9.25. The zero-order valence-electron chi connectivity index (χ0n) is 11.5. The van der Waals surface area contributed by atoms with Crippen LogP contribution in [0, 0.1) is 0 Å². The van der Waals surface area contributed by atoms with Crippen LogP contribution in [-0.4, -0.2) is 26.1 Å². The summed E-state index contributed by atoms with van der Waals surface area (Å²) in [6, 6.07) is 7.92. The minimum absolute atomic E-state index is 0.0437. The number of benzene rings is 1. The van der Waals surface area contributed by atoms with E-state index >= 15 is 0 Å². The molecule has 106 valence electrons. The van der Waals surface area contributed by atoms with Gasteiger partial charge in [-0.15, -0.1) is 0 Å². The highest BCUT2D eigenvalue weighted by molar-refractivity contribution is 5.28. The Morgan fingerprint density at radius 1 is 1.26 bits per heavy atom. The number of rotatable bonds is 6. The van der Waals surface area contributed by atoms with Crippen molar-refractivity contribution in [2.45, 2.75) is 38.5 Å². The van der Waals surface area contributed by atoms with Gasteiger partial charge in [-0.3, -0.25) is 0 Å². The van der Waals surface area contributed by atoms with Crippen LogP contribution in [0.1, 0.15) is 37.8 Å². The van der Waals surface area contributed by atoms with Crippen LogP contribution in [0.25, 0.3) is 0 Å². The van der Waals surface area contributed by atoms with Crippen LogP contribution in [0.15, 0.2) is 24.3 Å². The van der Waals surface area contributed by atoms with Crippen molar-refractivity contribution in [1.29, 1.82) is 0 Å². The zero-order valence-corrected chi connectivity index (χ0v) is 11.5. The Kier molecular flexibility index (Phi) is 5.63. The summed E-state index contributed by atoms with van der Waals surface area (Å²) in [5.74, 6) is 0.845. The van der Waals surface area contributed by atoms with Gasteiger partial charge in [-0.05, 0) is 43.9 Å². The van der Waals surface area contributed by atoms with Gasteiger partial charge in [-0.2, -0.15) is 0 Å². The highest BCUT2D eigenvalue weighted by Gasteiger charge is 2.13. The fourth-order valence-electron chi connectivity index (χ4n) is 2.05. The van der Waals surface area contributed by atoms with E-state index in [9.17, 15) is 0 Å². The van der Waals surface area contributed by atoms with Gasteiger partial charge < -0.3 is 19.9 Å². The fourth-order valence-corrected chi connectivity index (χ4v) is 2.05. The molecule has 0 bridgehead atoms. The maximum atomic E-state index is 5.79. The lowest BCUT2D eigenvalue weighted by Gasteiger charge is -2.22. The SMILES string of the molecule is CC(N)c1ccc(OCCOC2CCCCO2)cc1. The summed E-state index contributed by atoms with van der Waals surface area (Å²) < 4.78 is 16.7. The summed E-state index contributed by atoms with van der Waals surface area (Å²) in [6.45, 7) is 3.87. The van der Waals surface area contributed by atoms with Crippen molar-refractivity contribution in [3.8, 4) is 5.75 Å². The lowest BCUT2D eigenvalue weighted by atomic mass is 10.1. The topological polar surface area (TPSA) is 53.7 Å². The Balaban J connectivity index is 1.64. The summed E-state index contributed by atoms with van der Waals surface area (Å²) >= 11 is 0. The van der Waals surface area contributed by atoms with E-state index < -0.39 is 0 Å². The fraction of sp³-hybridized carbons (Fsp3) is 0.600. The molecule has 2 unspecified atom stereocenters. The number of hydrogen-bond acceptors (Lipinski definition) is 4. The van der Waals surface area contributed by atoms with Gasteiger partial charge in [0, 0.05) is 12.6 Å². The van der Waals surface area contributed by atoms with Crippen molar-refractivity contribution in [1.82, 2.24) is 0 Å². The van der Waals surface area contributed by atoms with Gasteiger partial charge in [-0.25, -0.2) is 0 Å². The van der Waals surface area contributed by atoms with E-state index in [1.54, 1.807) is 0 Å². The molecule has 19 heavy (non-hydrogen) atoms. The van der Waals surface area contributed by atoms with Gasteiger partial charge in [0.15, 0.2) is 6.29 Å². The molecule has 1 saturated heterocycles. The molecule has 1 aliphatic heterocycles. The molecule has 1 heterocycles. The van der Waals surface area contributed by atoms with E-state index in [2.05, 4.69) is 0 Å². The second kappa shape index (κ2) is 7.48. The van der Waals surface area contributed by atoms with E-state index in [1.165, 1.54) is 6.42 Å². The Bertz CT molecular complexity index is 358. The molecule has 1 aromatic carbocycles. The van der Waals surface area contributed by atoms with Crippen LogP contribution >= 0.6 is 0 Å². The average Bonchev–Trinajstić information content (AvgIpc) is 2.45. The van der Waals surface area contributed by atoms with E-state index in [4.69, 9.17) is 19.9 Å². The van der Waals surface area contributed by atoms with Gasteiger partial charge >= 0.3 is 0 Å². The predicted octanol–water partition coefficient (Wildman–Crippen LogP) is 2.63. The Morgan fingerprint density at radius 3 is 2.68 bits per heavy atom. The van der Waals surface area contributed by atoms with Crippen LogP contribution in [0.2, 0.25) is 0 Å². The van der Waals surface area contributed by atoms with Crippen molar-refractivity contribution in [3.05, 3.63) is 29.8 Å². The second-order valence-electron chi connectivity index (χ2n) is 4.87. The first-order valence-corrected chi connectivity index (χ1v) is 6.97. The standard InChI is InChI=1S/C15H23NO3/c1-12(16)13-5-7-14(8-6-13)17-10-11-19-15-4-2-3-9-18-15/h5-8,12,15H,2-4,9-11,16H2,1H3. The summed E-state index contributed by atoms with van der Waals surface area (Å²) in [5, 5.41) is 0. The monoisotopic (exact) mass is 265 g/mol. The number of hydrogen-bond donors (Lipinski definition) is 1. The van der Waals surface area contributed by atoms with Gasteiger partial charge in [0.05, 0.1) is 6.61 Å². The maximum Gasteiger partial charge on any atom is 0.157 e. The molecule has 2 rings (SSSR count). The highest BCUT2D eigenvalue weighted by Crippen LogP contribution is 2.16. The van der Waals surface area contributed by atoms with E-state index in [1.807, 2.05) is 31.2 Å². The van der Waals surface area contributed by atoms with Crippen LogP contribution in [-0.2, 0) is 9.47 Å². The van der Waals surface area contributed by atoms with E-state index in [0.717, 1.165) is 30.8 Å². The van der Waals surface area contributed by atoms with Crippen LogP contribution in [0.3, 0.4) is 0 Å². The molecule has 2 N–H and O–H groups in total. The molecule has 0 saturated carbocycles. The third-order valence-electron chi connectivity index (χ3n) is 3.20. The van der Waals surface area contributed by atoms with E-state index in [0.29, 0.717) is 13.2 Å². The first kappa shape index (κ1) is 14.3. The van der Waals surface area contributed by atoms with Crippen molar-refractivity contribution >= 4 is 0 Å². The van der Waals surface area contributed by atoms with E-state index in [-0.39, 0.29) is 12.3 Å². The molecule has 0 amide bonds. The van der Waals surface area contributed by atoms with Crippen molar-refractivity contribution < 1.29 is 14.2 Å². The molecule has 4 nitrogen and oxygen atoms in total. The summed E-state index contributed by atoms with van der Waals surface area (Å²) in [7, 11) is 0. The minimum Gasteiger partial charge on any atom is -0.491 e. The quantitative estimate of drug-likeness (QED) is 0.803. The third kappa shape index (κ3) is 4.82. The highest BCUT2D eigenvalue weighted by atomic mass is 16.7. The molecule has 1 fully saturated rings.